The van der Waals surface area contributed by atoms with E-state index in [2.05, 4.69) is 30.2 Å². The summed E-state index contributed by atoms with van der Waals surface area (Å²) in [4.78, 5) is 16.4. The number of nitrogens with zero attached hydrogens (tertiary/aromatic N) is 1. The highest BCUT2D eigenvalue weighted by atomic mass is 32.1. The second-order valence-electron chi connectivity index (χ2n) is 4.66. The number of aromatic nitrogens is 1. The van der Waals surface area contributed by atoms with Gasteiger partial charge in [0, 0.05) is 18.9 Å². The molecule has 4 heteroatoms. The van der Waals surface area contributed by atoms with Crippen LogP contribution in [-0.4, -0.2) is 16.9 Å². The molecule has 0 spiro atoms. The molecule has 2 rings (SSSR count). The molecule has 1 aromatic heterocycles. The molecule has 0 saturated carbocycles. The molecular formula is C15H20N2OS. The quantitative estimate of drug-likeness (QED) is 0.877. The van der Waals surface area contributed by atoms with Crippen molar-refractivity contribution >= 4 is 27.5 Å². The lowest BCUT2D eigenvalue weighted by Crippen LogP contribution is -2.33. The van der Waals surface area contributed by atoms with Crippen LogP contribution in [0.25, 0.3) is 10.2 Å². The van der Waals surface area contributed by atoms with Crippen LogP contribution in [0.1, 0.15) is 38.1 Å². The third-order valence-corrected chi connectivity index (χ3v) is 4.35. The number of hydrogen-bond donors (Lipinski definition) is 1. The van der Waals surface area contributed by atoms with E-state index in [0.717, 1.165) is 29.8 Å². The zero-order valence-electron chi connectivity index (χ0n) is 11.5. The van der Waals surface area contributed by atoms with Gasteiger partial charge in [0.25, 0.3) is 0 Å². The highest BCUT2D eigenvalue weighted by Crippen LogP contribution is 2.22. The third kappa shape index (κ3) is 3.77. The van der Waals surface area contributed by atoms with Gasteiger partial charge in [-0.1, -0.05) is 26.0 Å². The van der Waals surface area contributed by atoms with Crippen LogP contribution in [0, 0.1) is 0 Å². The standard InChI is InChI=1S/C15H20N2OS/c1-3-11(4-2)16-14(18)9-10-15-17-12-7-5-6-8-13(12)19-15/h5-8,11H,3-4,9-10H2,1-2H3,(H,16,18). The molecule has 3 nitrogen and oxygen atoms in total. The second kappa shape index (κ2) is 6.66. The van der Waals surface area contributed by atoms with Gasteiger partial charge in [0.15, 0.2) is 0 Å². The van der Waals surface area contributed by atoms with Gasteiger partial charge < -0.3 is 5.32 Å². The lowest BCUT2D eigenvalue weighted by molar-refractivity contribution is -0.121. The zero-order valence-corrected chi connectivity index (χ0v) is 12.3. The SMILES string of the molecule is CCC(CC)NC(=O)CCc1nc2ccccc2s1. The largest absolute Gasteiger partial charge is 0.353 e. The van der Waals surface area contributed by atoms with Crippen molar-refractivity contribution in [1.82, 2.24) is 10.3 Å². The molecule has 1 heterocycles. The van der Waals surface area contributed by atoms with Gasteiger partial charge in [0.1, 0.15) is 0 Å². The predicted molar refractivity (Wildman–Crippen MR) is 80.5 cm³/mol. The van der Waals surface area contributed by atoms with Crippen LogP contribution in [0.2, 0.25) is 0 Å². The van der Waals surface area contributed by atoms with Crippen LogP contribution >= 0.6 is 11.3 Å². The molecule has 0 aliphatic rings. The Kier molecular flexibility index (Phi) is 4.91. The molecule has 0 atom stereocenters. The van der Waals surface area contributed by atoms with Crippen LogP contribution in [0.4, 0.5) is 0 Å². The van der Waals surface area contributed by atoms with Crippen molar-refractivity contribution in [3.63, 3.8) is 0 Å². The first-order chi connectivity index (χ1) is 9.22. The molecule has 102 valence electrons. The van der Waals surface area contributed by atoms with E-state index < -0.39 is 0 Å². The summed E-state index contributed by atoms with van der Waals surface area (Å²) < 4.78 is 1.19. The fourth-order valence-electron chi connectivity index (χ4n) is 2.04. The minimum absolute atomic E-state index is 0.132. The van der Waals surface area contributed by atoms with Crippen LogP contribution in [0.15, 0.2) is 24.3 Å². The van der Waals surface area contributed by atoms with Crippen molar-refractivity contribution in [3.05, 3.63) is 29.3 Å². The van der Waals surface area contributed by atoms with E-state index in [9.17, 15) is 4.79 Å². The Balaban J connectivity index is 1.89. The van der Waals surface area contributed by atoms with E-state index in [1.165, 1.54) is 4.70 Å². The van der Waals surface area contributed by atoms with Gasteiger partial charge in [0.2, 0.25) is 5.91 Å². The molecule has 1 N–H and O–H groups in total. The molecule has 0 fully saturated rings. The molecule has 1 aromatic carbocycles. The lowest BCUT2D eigenvalue weighted by Gasteiger charge is -2.14. The number of thiazole rings is 1. The van der Waals surface area contributed by atoms with Crippen molar-refractivity contribution in [3.8, 4) is 0 Å². The summed E-state index contributed by atoms with van der Waals surface area (Å²) in [5, 5.41) is 4.10. The minimum atomic E-state index is 0.132. The number of carbonyl (C=O) groups excluding carboxylic acids is 1. The Morgan fingerprint density at radius 3 is 2.74 bits per heavy atom. The summed E-state index contributed by atoms with van der Waals surface area (Å²) in [6.45, 7) is 4.20. The van der Waals surface area contributed by atoms with Crippen molar-refractivity contribution in [2.75, 3.05) is 0 Å². The molecule has 2 aromatic rings. The van der Waals surface area contributed by atoms with Crippen LogP contribution in [-0.2, 0) is 11.2 Å². The number of hydrogen-bond acceptors (Lipinski definition) is 3. The number of para-hydroxylation sites is 1. The Morgan fingerprint density at radius 2 is 2.05 bits per heavy atom. The summed E-state index contributed by atoms with van der Waals surface area (Å²) >= 11 is 1.68. The third-order valence-electron chi connectivity index (χ3n) is 3.25. The first kappa shape index (κ1) is 14.0. The molecule has 1 amide bonds. The maximum absolute atomic E-state index is 11.8. The molecule has 0 aliphatic carbocycles. The van der Waals surface area contributed by atoms with Gasteiger partial charge in [-0.3, -0.25) is 4.79 Å². The van der Waals surface area contributed by atoms with Gasteiger partial charge in [-0.05, 0) is 25.0 Å². The highest BCUT2D eigenvalue weighted by Gasteiger charge is 2.10. The Bertz CT molecular complexity index is 513. The number of rotatable bonds is 6. The number of fused-ring (bicyclic) bond motifs is 1. The monoisotopic (exact) mass is 276 g/mol. The summed E-state index contributed by atoms with van der Waals surface area (Å²) in [5.41, 5.74) is 1.03. The maximum Gasteiger partial charge on any atom is 0.220 e. The normalized spacial score (nSPS) is 11.1. The summed E-state index contributed by atoms with van der Waals surface area (Å²) in [6, 6.07) is 8.40. The van der Waals surface area contributed by atoms with E-state index in [1.807, 2.05) is 18.2 Å². The van der Waals surface area contributed by atoms with E-state index in [1.54, 1.807) is 11.3 Å². The van der Waals surface area contributed by atoms with Gasteiger partial charge in [0.05, 0.1) is 15.2 Å². The Morgan fingerprint density at radius 1 is 1.32 bits per heavy atom. The van der Waals surface area contributed by atoms with Gasteiger partial charge in [-0.15, -0.1) is 11.3 Å². The molecule has 0 saturated heterocycles. The lowest BCUT2D eigenvalue weighted by atomic mass is 10.1. The van der Waals surface area contributed by atoms with Crippen LogP contribution in [0.5, 0.6) is 0 Å². The minimum Gasteiger partial charge on any atom is -0.353 e. The number of carbonyl (C=O) groups is 1. The number of benzene rings is 1. The van der Waals surface area contributed by atoms with Crippen LogP contribution < -0.4 is 5.32 Å². The topological polar surface area (TPSA) is 42.0 Å². The molecule has 0 aliphatic heterocycles. The van der Waals surface area contributed by atoms with E-state index in [4.69, 9.17) is 0 Å². The molecule has 19 heavy (non-hydrogen) atoms. The molecule has 0 radical (unpaired) electrons. The van der Waals surface area contributed by atoms with E-state index in [0.29, 0.717) is 12.5 Å². The van der Waals surface area contributed by atoms with Crippen molar-refractivity contribution in [1.29, 1.82) is 0 Å². The number of aryl methyl sites for hydroxylation is 1. The average molecular weight is 276 g/mol. The smallest absolute Gasteiger partial charge is 0.220 e. The van der Waals surface area contributed by atoms with E-state index in [-0.39, 0.29) is 5.91 Å². The molecule has 0 unspecified atom stereocenters. The fourth-order valence-corrected chi connectivity index (χ4v) is 3.01. The molecular weight excluding hydrogens is 256 g/mol. The summed E-state index contributed by atoms with van der Waals surface area (Å²) in [7, 11) is 0. The summed E-state index contributed by atoms with van der Waals surface area (Å²) in [5.74, 6) is 0.132. The van der Waals surface area contributed by atoms with Crippen LogP contribution in [0.3, 0.4) is 0 Å². The van der Waals surface area contributed by atoms with E-state index >= 15 is 0 Å². The first-order valence-electron chi connectivity index (χ1n) is 6.86. The Hall–Kier alpha value is -1.42. The highest BCUT2D eigenvalue weighted by molar-refractivity contribution is 7.18. The fraction of sp³-hybridized carbons (Fsp3) is 0.467. The second-order valence-corrected chi connectivity index (χ2v) is 5.77. The molecule has 0 bridgehead atoms. The van der Waals surface area contributed by atoms with Gasteiger partial charge in [-0.25, -0.2) is 4.98 Å². The summed E-state index contributed by atoms with van der Waals surface area (Å²) in [6.07, 6.45) is 3.23. The number of nitrogens with one attached hydrogen (secondary N) is 1. The van der Waals surface area contributed by atoms with Crippen molar-refractivity contribution in [2.24, 2.45) is 0 Å². The van der Waals surface area contributed by atoms with Crippen molar-refractivity contribution in [2.45, 2.75) is 45.6 Å². The average Bonchev–Trinajstić information content (AvgIpc) is 2.85. The predicted octanol–water partition coefficient (Wildman–Crippen LogP) is 3.53. The van der Waals surface area contributed by atoms with Gasteiger partial charge >= 0.3 is 0 Å². The van der Waals surface area contributed by atoms with Gasteiger partial charge in [-0.2, -0.15) is 0 Å². The first-order valence-corrected chi connectivity index (χ1v) is 7.68. The maximum atomic E-state index is 11.8. The number of amides is 1. The Labute approximate surface area is 118 Å². The van der Waals surface area contributed by atoms with Crippen molar-refractivity contribution < 1.29 is 4.79 Å². The zero-order chi connectivity index (χ0) is 13.7.